The number of aliphatic hydroxyl groups is 1. The van der Waals surface area contributed by atoms with Crippen molar-refractivity contribution in [2.45, 2.75) is 47.0 Å². The standard InChI is InChI=1S/C20H31N3O/c1-6-8-9-15(3)19(14-21)22-23(5)16(4)10-11-17(7-2)20(24)18-12-13-18/h6,8-11,24H,7,12-14,21H2,1-5H3/b8-6-,15-9+,16-10+,17-11+,22-19+. The molecular weight excluding hydrogens is 298 g/mol. The summed E-state index contributed by atoms with van der Waals surface area (Å²) in [6.07, 6.45) is 12.8. The minimum Gasteiger partial charge on any atom is -0.508 e. The molecule has 132 valence electrons. The number of hydrogen-bond donors (Lipinski definition) is 2. The highest BCUT2D eigenvalue weighted by molar-refractivity contribution is 6.01. The second kappa shape index (κ2) is 9.93. The van der Waals surface area contributed by atoms with E-state index < -0.39 is 0 Å². The topological polar surface area (TPSA) is 61.8 Å². The summed E-state index contributed by atoms with van der Waals surface area (Å²) in [5.74, 6) is 0.473. The van der Waals surface area contributed by atoms with Gasteiger partial charge in [-0.25, -0.2) is 0 Å². The average molecular weight is 329 g/mol. The van der Waals surface area contributed by atoms with E-state index in [0.717, 1.165) is 47.4 Å². The molecule has 0 saturated heterocycles. The Morgan fingerprint density at radius 2 is 1.92 bits per heavy atom. The minimum atomic E-state index is 0.389. The Morgan fingerprint density at radius 3 is 2.42 bits per heavy atom. The van der Waals surface area contributed by atoms with Gasteiger partial charge in [-0.1, -0.05) is 31.2 Å². The Labute approximate surface area is 146 Å². The van der Waals surface area contributed by atoms with Crippen molar-refractivity contribution in [2.24, 2.45) is 10.8 Å². The summed E-state index contributed by atoms with van der Waals surface area (Å²) >= 11 is 0. The van der Waals surface area contributed by atoms with Gasteiger partial charge in [0.15, 0.2) is 0 Å². The molecule has 0 radical (unpaired) electrons. The van der Waals surface area contributed by atoms with Crippen molar-refractivity contribution in [1.29, 1.82) is 0 Å². The van der Waals surface area contributed by atoms with Crippen LogP contribution < -0.4 is 5.73 Å². The maximum atomic E-state index is 10.1. The van der Waals surface area contributed by atoms with Crippen LogP contribution in [0.1, 0.15) is 47.0 Å². The number of rotatable bonds is 8. The maximum absolute atomic E-state index is 10.1. The van der Waals surface area contributed by atoms with Gasteiger partial charge in [0.25, 0.3) is 0 Å². The Hall–Kier alpha value is -2.07. The summed E-state index contributed by atoms with van der Waals surface area (Å²) in [7, 11) is 1.91. The fourth-order valence-electron chi connectivity index (χ4n) is 2.10. The van der Waals surface area contributed by atoms with E-state index in [9.17, 15) is 5.11 Å². The van der Waals surface area contributed by atoms with Crippen molar-refractivity contribution in [2.75, 3.05) is 13.6 Å². The van der Waals surface area contributed by atoms with Crippen LogP contribution in [0.3, 0.4) is 0 Å². The molecule has 0 spiro atoms. The number of aliphatic hydroxyl groups excluding tert-OH is 1. The molecule has 0 unspecified atom stereocenters. The largest absolute Gasteiger partial charge is 0.508 e. The van der Waals surface area contributed by atoms with Crippen LogP contribution in [0.25, 0.3) is 0 Å². The van der Waals surface area contributed by atoms with Gasteiger partial charge in [0.2, 0.25) is 0 Å². The number of hydrazone groups is 1. The third-order valence-corrected chi connectivity index (χ3v) is 4.01. The molecule has 0 aromatic heterocycles. The Bertz CT molecular complexity index is 613. The Balaban J connectivity index is 2.93. The first-order valence-electron chi connectivity index (χ1n) is 8.54. The minimum absolute atomic E-state index is 0.389. The quantitative estimate of drug-likeness (QED) is 0.296. The lowest BCUT2D eigenvalue weighted by molar-refractivity contribution is 0.417. The molecule has 0 aliphatic heterocycles. The van der Waals surface area contributed by atoms with Crippen LogP contribution >= 0.6 is 0 Å². The third kappa shape index (κ3) is 6.20. The molecule has 1 aliphatic rings. The number of hydrogen-bond acceptors (Lipinski definition) is 4. The SMILES string of the molecule is C\C=C/C=C(C)/C(CN)=N/N(C)/C(C)=C/C=C(\CC)C(O)=C1CC1. The van der Waals surface area contributed by atoms with Gasteiger partial charge in [0.05, 0.1) is 5.71 Å². The molecule has 0 aromatic carbocycles. The predicted molar refractivity (Wildman–Crippen MR) is 104 cm³/mol. The summed E-state index contributed by atoms with van der Waals surface area (Å²) in [6, 6.07) is 0. The van der Waals surface area contributed by atoms with E-state index in [1.165, 1.54) is 0 Å². The summed E-state index contributed by atoms with van der Waals surface area (Å²) in [5.41, 5.74) is 10.9. The molecule has 24 heavy (non-hydrogen) atoms. The number of nitrogens with two attached hydrogens (primary N) is 1. The normalized spacial score (nSPS) is 16.8. The van der Waals surface area contributed by atoms with Gasteiger partial charge in [-0.15, -0.1) is 0 Å². The van der Waals surface area contributed by atoms with Gasteiger partial charge < -0.3 is 10.8 Å². The van der Waals surface area contributed by atoms with Crippen LogP contribution in [0.2, 0.25) is 0 Å². The first-order valence-corrected chi connectivity index (χ1v) is 8.54. The summed E-state index contributed by atoms with van der Waals surface area (Å²) in [4.78, 5) is 0. The molecule has 4 nitrogen and oxygen atoms in total. The van der Waals surface area contributed by atoms with Crippen LogP contribution in [-0.4, -0.2) is 29.4 Å². The molecule has 4 heteroatoms. The zero-order chi connectivity index (χ0) is 18.1. The summed E-state index contributed by atoms with van der Waals surface area (Å²) < 4.78 is 0. The summed E-state index contributed by atoms with van der Waals surface area (Å²) in [5, 5.41) is 16.6. The lowest BCUT2D eigenvalue weighted by atomic mass is 10.1. The van der Waals surface area contributed by atoms with Crippen molar-refractivity contribution < 1.29 is 5.11 Å². The van der Waals surface area contributed by atoms with Crippen molar-refractivity contribution in [3.63, 3.8) is 0 Å². The van der Waals surface area contributed by atoms with E-state index in [1.807, 2.05) is 63.2 Å². The highest BCUT2D eigenvalue weighted by Crippen LogP contribution is 2.34. The lowest BCUT2D eigenvalue weighted by Gasteiger charge is -2.16. The van der Waals surface area contributed by atoms with Gasteiger partial charge in [-0.3, -0.25) is 5.01 Å². The van der Waals surface area contributed by atoms with Crippen LogP contribution in [0.15, 0.2) is 63.7 Å². The fourth-order valence-corrected chi connectivity index (χ4v) is 2.10. The first-order chi connectivity index (χ1) is 11.4. The van der Waals surface area contributed by atoms with E-state index >= 15 is 0 Å². The Kier molecular flexibility index (Phi) is 8.27. The van der Waals surface area contributed by atoms with Crippen molar-refractivity contribution in [1.82, 2.24) is 5.01 Å². The van der Waals surface area contributed by atoms with Gasteiger partial charge in [-0.05, 0) is 62.8 Å². The lowest BCUT2D eigenvalue weighted by Crippen LogP contribution is -2.20. The molecule has 1 saturated carbocycles. The van der Waals surface area contributed by atoms with Gasteiger partial charge in [-0.2, -0.15) is 5.10 Å². The predicted octanol–water partition coefficient (Wildman–Crippen LogP) is 4.60. The van der Waals surface area contributed by atoms with Crippen LogP contribution in [0.4, 0.5) is 0 Å². The van der Waals surface area contributed by atoms with Gasteiger partial charge >= 0.3 is 0 Å². The molecule has 0 heterocycles. The van der Waals surface area contributed by atoms with Crippen LogP contribution in [-0.2, 0) is 0 Å². The molecule has 1 aliphatic carbocycles. The average Bonchev–Trinajstić information content (AvgIpc) is 3.42. The van der Waals surface area contributed by atoms with E-state index in [1.54, 1.807) is 0 Å². The second-order valence-electron chi connectivity index (χ2n) is 5.96. The zero-order valence-corrected chi connectivity index (χ0v) is 15.6. The maximum Gasteiger partial charge on any atom is 0.117 e. The van der Waals surface area contributed by atoms with Crippen molar-refractivity contribution in [3.8, 4) is 0 Å². The fraction of sp³-hybridized carbons (Fsp3) is 0.450. The smallest absolute Gasteiger partial charge is 0.117 e. The molecule has 1 fully saturated rings. The van der Waals surface area contributed by atoms with Gasteiger partial charge in [0.1, 0.15) is 5.76 Å². The molecule has 0 atom stereocenters. The van der Waals surface area contributed by atoms with Crippen molar-refractivity contribution in [3.05, 3.63) is 58.6 Å². The van der Waals surface area contributed by atoms with E-state index in [4.69, 9.17) is 5.73 Å². The number of allylic oxidation sites excluding steroid dienone is 8. The number of nitrogens with zero attached hydrogens (tertiary/aromatic N) is 2. The first kappa shape index (κ1) is 20.0. The molecule has 3 N–H and O–H groups in total. The van der Waals surface area contributed by atoms with E-state index in [2.05, 4.69) is 12.0 Å². The van der Waals surface area contributed by atoms with E-state index in [-0.39, 0.29) is 0 Å². The Morgan fingerprint density at radius 1 is 1.25 bits per heavy atom. The van der Waals surface area contributed by atoms with E-state index in [0.29, 0.717) is 12.3 Å². The second-order valence-corrected chi connectivity index (χ2v) is 5.96. The molecule has 0 aromatic rings. The third-order valence-electron chi connectivity index (χ3n) is 4.01. The molecule has 1 rings (SSSR count). The van der Waals surface area contributed by atoms with Crippen molar-refractivity contribution >= 4 is 5.71 Å². The molecular formula is C20H31N3O. The summed E-state index contributed by atoms with van der Waals surface area (Å²) in [6.45, 7) is 8.42. The molecule has 0 bridgehead atoms. The van der Waals surface area contributed by atoms with Crippen LogP contribution in [0.5, 0.6) is 0 Å². The highest BCUT2D eigenvalue weighted by Gasteiger charge is 2.18. The van der Waals surface area contributed by atoms with Gasteiger partial charge in [0, 0.05) is 19.3 Å². The van der Waals surface area contributed by atoms with Crippen LogP contribution in [0, 0.1) is 0 Å². The molecule has 0 amide bonds. The highest BCUT2D eigenvalue weighted by atomic mass is 16.3. The monoisotopic (exact) mass is 329 g/mol. The zero-order valence-electron chi connectivity index (χ0n) is 15.6.